The van der Waals surface area contributed by atoms with E-state index in [1.165, 1.54) is 0 Å². The molecule has 0 bridgehead atoms. The van der Waals surface area contributed by atoms with Gasteiger partial charge in [-0.2, -0.15) is 0 Å². The molecule has 0 fully saturated rings. The molecule has 0 aliphatic heterocycles. The molecule has 0 heterocycles. The van der Waals surface area contributed by atoms with Gasteiger partial charge >= 0.3 is 5.97 Å². The van der Waals surface area contributed by atoms with Gasteiger partial charge in [-0.05, 0) is 12.0 Å². The lowest BCUT2D eigenvalue weighted by Gasteiger charge is -2.27. The fourth-order valence-electron chi connectivity index (χ4n) is 1.55. The third-order valence-electron chi connectivity index (χ3n) is 2.48. The Balaban J connectivity index is 2.76. The first-order valence-corrected chi connectivity index (χ1v) is 4.88. The van der Waals surface area contributed by atoms with Crippen molar-refractivity contribution in [2.24, 2.45) is 5.41 Å². The number of carboxylic acids is 1. The molecule has 1 atom stereocenters. The van der Waals surface area contributed by atoms with Crippen molar-refractivity contribution in [1.29, 1.82) is 0 Å². The zero-order valence-electron chi connectivity index (χ0n) is 8.97. The van der Waals surface area contributed by atoms with Crippen LogP contribution < -0.4 is 0 Å². The summed E-state index contributed by atoms with van der Waals surface area (Å²) >= 11 is 0. The molecule has 0 aliphatic rings. The van der Waals surface area contributed by atoms with Gasteiger partial charge in [-0.15, -0.1) is 0 Å². The highest BCUT2D eigenvalue weighted by molar-refractivity contribution is 5.73. The Labute approximate surface area is 89.4 Å². The second kappa shape index (κ2) is 4.45. The lowest BCUT2D eigenvalue weighted by molar-refractivity contribution is -0.153. The molecular weight excluding hydrogens is 192 g/mol. The summed E-state index contributed by atoms with van der Waals surface area (Å²) in [6.45, 7) is 3.50. The highest BCUT2D eigenvalue weighted by atomic mass is 16.4. The SMILES string of the molecule is CC(C)(Cc1ccccc1)C(O)C(=O)O. The predicted molar refractivity (Wildman–Crippen MR) is 57.6 cm³/mol. The largest absolute Gasteiger partial charge is 0.479 e. The average Bonchev–Trinajstić information content (AvgIpc) is 2.17. The fraction of sp³-hybridized carbons (Fsp3) is 0.417. The van der Waals surface area contributed by atoms with Gasteiger partial charge in [-0.1, -0.05) is 44.2 Å². The molecular formula is C12H16O3. The fourth-order valence-corrected chi connectivity index (χ4v) is 1.55. The van der Waals surface area contributed by atoms with Crippen molar-refractivity contribution >= 4 is 5.97 Å². The first-order chi connectivity index (χ1) is 6.93. The van der Waals surface area contributed by atoms with Gasteiger partial charge in [0.1, 0.15) is 0 Å². The lowest BCUT2D eigenvalue weighted by Crippen LogP contribution is -2.37. The van der Waals surface area contributed by atoms with E-state index >= 15 is 0 Å². The van der Waals surface area contributed by atoms with E-state index in [0.29, 0.717) is 6.42 Å². The van der Waals surface area contributed by atoms with Crippen LogP contribution in [0.25, 0.3) is 0 Å². The van der Waals surface area contributed by atoms with E-state index < -0.39 is 17.5 Å². The zero-order valence-corrected chi connectivity index (χ0v) is 8.97. The topological polar surface area (TPSA) is 57.5 Å². The average molecular weight is 208 g/mol. The van der Waals surface area contributed by atoms with Gasteiger partial charge < -0.3 is 10.2 Å². The molecule has 1 aromatic carbocycles. The summed E-state index contributed by atoms with van der Waals surface area (Å²) in [5.74, 6) is -1.17. The van der Waals surface area contributed by atoms with Crippen LogP contribution in [-0.2, 0) is 11.2 Å². The second-order valence-corrected chi connectivity index (χ2v) is 4.39. The molecule has 3 heteroatoms. The van der Waals surface area contributed by atoms with E-state index in [0.717, 1.165) is 5.56 Å². The summed E-state index contributed by atoms with van der Waals surface area (Å²) in [6, 6.07) is 9.56. The Kier molecular flexibility index (Phi) is 3.48. The number of carboxylic acid groups (broad SMARTS) is 1. The summed E-state index contributed by atoms with van der Waals surface area (Å²) < 4.78 is 0. The van der Waals surface area contributed by atoms with Gasteiger partial charge in [0, 0.05) is 5.41 Å². The molecule has 0 saturated heterocycles. The van der Waals surface area contributed by atoms with Crippen molar-refractivity contribution in [3.05, 3.63) is 35.9 Å². The van der Waals surface area contributed by atoms with E-state index in [1.807, 2.05) is 30.3 Å². The van der Waals surface area contributed by atoms with Crippen molar-refractivity contribution < 1.29 is 15.0 Å². The summed E-state index contributed by atoms with van der Waals surface area (Å²) in [4.78, 5) is 10.7. The molecule has 3 nitrogen and oxygen atoms in total. The highest BCUT2D eigenvalue weighted by Crippen LogP contribution is 2.26. The normalized spacial score (nSPS) is 13.5. The number of aliphatic hydroxyl groups is 1. The standard InChI is InChI=1S/C12H16O3/c1-12(2,10(13)11(14)15)8-9-6-4-3-5-7-9/h3-7,10,13H,8H2,1-2H3,(H,14,15). The van der Waals surface area contributed by atoms with Crippen LogP contribution in [0.3, 0.4) is 0 Å². The van der Waals surface area contributed by atoms with E-state index in [2.05, 4.69) is 0 Å². The Morgan fingerprint density at radius 3 is 2.33 bits per heavy atom. The minimum absolute atomic E-state index is 0.543. The number of aliphatic carboxylic acids is 1. The smallest absolute Gasteiger partial charge is 0.333 e. The number of benzene rings is 1. The van der Waals surface area contributed by atoms with Crippen molar-refractivity contribution in [3.63, 3.8) is 0 Å². The minimum atomic E-state index is -1.34. The van der Waals surface area contributed by atoms with Crippen molar-refractivity contribution in [1.82, 2.24) is 0 Å². The molecule has 1 aromatic rings. The number of carbonyl (C=O) groups is 1. The zero-order chi connectivity index (χ0) is 11.5. The summed E-state index contributed by atoms with van der Waals surface area (Å²) in [5, 5.41) is 18.3. The third kappa shape index (κ3) is 3.06. The van der Waals surface area contributed by atoms with Gasteiger partial charge in [0.2, 0.25) is 0 Å². The highest BCUT2D eigenvalue weighted by Gasteiger charge is 2.33. The molecule has 0 aliphatic carbocycles. The monoisotopic (exact) mass is 208 g/mol. The van der Waals surface area contributed by atoms with Crippen LogP contribution >= 0.6 is 0 Å². The van der Waals surface area contributed by atoms with Crippen LogP contribution in [-0.4, -0.2) is 22.3 Å². The number of aliphatic hydroxyl groups excluding tert-OH is 1. The molecule has 1 rings (SSSR count). The predicted octanol–water partition coefficient (Wildman–Crippen LogP) is 1.70. The Hall–Kier alpha value is -1.35. The summed E-state index contributed by atoms with van der Waals surface area (Å²) in [5.41, 5.74) is 0.371. The minimum Gasteiger partial charge on any atom is -0.479 e. The van der Waals surface area contributed by atoms with Crippen LogP contribution in [0.4, 0.5) is 0 Å². The maximum atomic E-state index is 10.7. The van der Waals surface area contributed by atoms with Crippen LogP contribution in [0.1, 0.15) is 19.4 Å². The Morgan fingerprint density at radius 2 is 1.87 bits per heavy atom. The maximum Gasteiger partial charge on any atom is 0.333 e. The second-order valence-electron chi connectivity index (χ2n) is 4.39. The summed E-state index contributed by atoms with van der Waals surface area (Å²) in [7, 11) is 0. The van der Waals surface area contributed by atoms with E-state index in [9.17, 15) is 9.90 Å². The first-order valence-electron chi connectivity index (χ1n) is 4.88. The van der Waals surface area contributed by atoms with Crippen molar-refractivity contribution in [3.8, 4) is 0 Å². The third-order valence-corrected chi connectivity index (χ3v) is 2.48. The van der Waals surface area contributed by atoms with Crippen molar-refractivity contribution in [2.75, 3.05) is 0 Å². The van der Waals surface area contributed by atoms with Crippen LogP contribution in [0.2, 0.25) is 0 Å². The first kappa shape index (κ1) is 11.7. The lowest BCUT2D eigenvalue weighted by atomic mass is 9.80. The molecule has 2 N–H and O–H groups in total. The molecule has 0 saturated carbocycles. The quantitative estimate of drug-likeness (QED) is 0.791. The van der Waals surface area contributed by atoms with Gasteiger partial charge in [-0.3, -0.25) is 0 Å². The van der Waals surface area contributed by atoms with Gasteiger partial charge in [-0.25, -0.2) is 4.79 Å². The number of hydrogen-bond acceptors (Lipinski definition) is 2. The van der Waals surface area contributed by atoms with Crippen LogP contribution in [0.15, 0.2) is 30.3 Å². The number of rotatable bonds is 4. The molecule has 0 aromatic heterocycles. The van der Waals surface area contributed by atoms with Crippen molar-refractivity contribution in [2.45, 2.75) is 26.4 Å². The van der Waals surface area contributed by atoms with E-state index in [-0.39, 0.29) is 0 Å². The molecule has 15 heavy (non-hydrogen) atoms. The van der Waals surface area contributed by atoms with E-state index in [4.69, 9.17) is 5.11 Å². The van der Waals surface area contributed by atoms with Gasteiger partial charge in [0.15, 0.2) is 6.10 Å². The molecule has 0 spiro atoms. The Bertz CT molecular complexity index is 330. The Morgan fingerprint density at radius 1 is 1.33 bits per heavy atom. The molecule has 0 radical (unpaired) electrons. The number of hydrogen-bond donors (Lipinski definition) is 2. The summed E-state index contributed by atoms with van der Waals surface area (Å²) in [6.07, 6.45) is -0.792. The van der Waals surface area contributed by atoms with E-state index in [1.54, 1.807) is 13.8 Å². The van der Waals surface area contributed by atoms with Crippen LogP contribution in [0.5, 0.6) is 0 Å². The molecule has 82 valence electrons. The van der Waals surface area contributed by atoms with Gasteiger partial charge in [0.25, 0.3) is 0 Å². The van der Waals surface area contributed by atoms with Gasteiger partial charge in [0.05, 0.1) is 0 Å². The molecule has 1 unspecified atom stereocenters. The maximum absolute atomic E-state index is 10.7. The van der Waals surface area contributed by atoms with Crippen LogP contribution in [0, 0.1) is 5.41 Å². The molecule has 0 amide bonds.